The highest BCUT2D eigenvalue weighted by molar-refractivity contribution is 5.85. The van der Waals surface area contributed by atoms with Gasteiger partial charge in [-0.25, -0.2) is 10.3 Å². The molecule has 1 fully saturated rings. The molecule has 7 nitrogen and oxygen atoms in total. The molecule has 1 heterocycles. The highest BCUT2D eigenvalue weighted by Gasteiger charge is 2.16. The molecule has 0 spiro atoms. The van der Waals surface area contributed by atoms with Crippen LogP contribution in [0.2, 0.25) is 0 Å². The Hall–Kier alpha value is -3.26. The van der Waals surface area contributed by atoms with E-state index in [0.717, 1.165) is 50.5 Å². The van der Waals surface area contributed by atoms with E-state index in [1.807, 2.05) is 35.2 Å². The number of carbonyl (C=O) groups is 2. The first kappa shape index (κ1) is 30.7. The lowest BCUT2D eigenvalue weighted by molar-refractivity contribution is -0.200. The number of hydrogen-bond acceptors (Lipinski definition) is 5. The van der Waals surface area contributed by atoms with Gasteiger partial charge >= 0.3 is 0 Å². The number of hydroxylamine groups is 1. The average Bonchev–Trinajstić information content (AvgIpc) is 3.02. The van der Waals surface area contributed by atoms with E-state index < -0.39 is 0 Å². The Morgan fingerprint density at radius 1 is 0.854 bits per heavy atom. The van der Waals surface area contributed by atoms with Gasteiger partial charge < -0.3 is 14.4 Å². The van der Waals surface area contributed by atoms with E-state index in [9.17, 15) is 9.59 Å². The molecule has 1 aliphatic rings. The van der Waals surface area contributed by atoms with Crippen molar-refractivity contribution in [2.45, 2.75) is 77.1 Å². The van der Waals surface area contributed by atoms with Gasteiger partial charge in [0.2, 0.25) is 11.8 Å². The van der Waals surface area contributed by atoms with E-state index in [-0.39, 0.29) is 18.1 Å². The minimum absolute atomic E-state index is 0.126. The van der Waals surface area contributed by atoms with E-state index in [0.29, 0.717) is 52.2 Å². The van der Waals surface area contributed by atoms with Gasteiger partial charge in [-0.2, -0.15) is 0 Å². The fourth-order valence-corrected chi connectivity index (χ4v) is 5.13. The predicted molar refractivity (Wildman–Crippen MR) is 161 cm³/mol. The number of amides is 2. The standard InChI is InChI=1S/C34H44N2O5/c37-32(35-41-34-21-8-10-26-40-34)19-5-2-9-23-36(24-22-30-17-11-16-29-15-6-7-18-31(29)30)33(38)20-12-25-39-27-28-13-3-1-4-14-28/h1,3-4,6-7,11,13-18,34H,2,5,8-10,12,19-27H2,(H,35,37). The monoisotopic (exact) mass is 560 g/mol. The Labute approximate surface area is 244 Å². The summed E-state index contributed by atoms with van der Waals surface area (Å²) in [5.74, 6) is 0.0331. The Bertz CT molecular complexity index is 1190. The molecule has 3 aromatic rings. The number of nitrogens with zero attached hydrogens (tertiary/aromatic N) is 1. The van der Waals surface area contributed by atoms with Crippen LogP contribution in [-0.2, 0) is 36.9 Å². The summed E-state index contributed by atoms with van der Waals surface area (Å²) < 4.78 is 11.3. The molecule has 0 radical (unpaired) electrons. The van der Waals surface area contributed by atoms with Crippen molar-refractivity contribution in [3.8, 4) is 0 Å². The van der Waals surface area contributed by atoms with Gasteiger partial charge in [0.15, 0.2) is 6.29 Å². The lowest BCUT2D eigenvalue weighted by Crippen LogP contribution is -2.34. The normalized spacial score (nSPS) is 15.1. The van der Waals surface area contributed by atoms with Crippen molar-refractivity contribution >= 4 is 22.6 Å². The summed E-state index contributed by atoms with van der Waals surface area (Å²) in [6.45, 7) is 3.15. The van der Waals surface area contributed by atoms with Gasteiger partial charge in [-0.05, 0) is 60.4 Å². The molecule has 1 N–H and O–H groups in total. The summed E-state index contributed by atoms with van der Waals surface area (Å²) in [4.78, 5) is 32.8. The summed E-state index contributed by atoms with van der Waals surface area (Å²) in [7, 11) is 0. The van der Waals surface area contributed by atoms with Gasteiger partial charge in [-0.3, -0.25) is 9.59 Å². The van der Waals surface area contributed by atoms with Crippen LogP contribution in [0.15, 0.2) is 72.8 Å². The summed E-state index contributed by atoms with van der Waals surface area (Å²) in [5, 5.41) is 2.46. The van der Waals surface area contributed by atoms with Crippen LogP contribution in [0.1, 0.15) is 68.9 Å². The van der Waals surface area contributed by atoms with Crippen LogP contribution in [0.25, 0.3) is 10.8 Å². The number of rotatable bonds is 17. The first-order valence-electron chi connectivity index (χ1n) is 15.1. The Balaban J connectivity index is 1.20. The highest BCUT2D eigenvalue weighted by Crippen LogP contribution is 2.20. The topological polar surface area (TPSA) is 77.1 Å². The number of fused-ring (bicyclic) bond motifs is 1. The van der Waals surface area contributed by atoms with Gasteiger partial charge in [0, 0.05) is 45.6 Å². The fraction of sp³-hybridized carbons (Fsp3) is 0.471. The average molecular weight is 561 g/mol. The number of hydrogen-bond donors (Lipinski definition) is 1. The van der Waals surface area contributed by atoms with Crippen molar-refractivity contribution in [1.82, 2.24) is 10.4 Å². The third-order valence-electron chi connectivity index (χ3n) is 7.45. The SMILES string of the molecule is O=C(CCCCCN(CCc1cccc2ccccc12)C(=O)CCCOCc1ccccc1)NOC1CCCCO1. The maximum Gasteiger partial charge on any atom is 0.243 e. The van der Waals surface area contributed by atoms with E-state index in [1.54, 1.807) is 0 Å². The summed E-state index contributed by atoms with van der Waals surface area (Å²) >= 11 is 0. The third-order valence-corrected chi connectivity index (χ3v) is 7.45. The fourth-order valence-electron chi connectivity index (χ4n) is 5.13. The Morgan fingerprint density at radius 3 is 2.54 bits per heavy atom. The second kappa shape index (κ2) is 17.5. The smallest absolute Gasteiger partial charge is 0.243 e. The Kier molecular flexibility index (Phi) is 13.1. The number of unbranched alkanes of at least 4 members (excludes halogenated alkanes) is 2. The van der Waals surface area contributed by atoms with E-state index in [2.05, 4.69) is 47.9 Å². The van der Waals surface area contributed by atoms with Crippen LogP contribution in [0.3, 0.4) is 0 Å². The number of benzene rings is 3. The third kappa shape index (κ3) is 10.9. The van der Waals surface area contributed by atoms with Crippen molar-refractivity contribution in [1.29, 1.82) is 0 Å². The zero-order valence-corrected chi connectivity index (χ0v) is 24.1. The molecule has 1 atom stereocenters. The van der Waals surface area contributed by atoms with Gasteiger partial charge in [0.05, 0.1) is 6.61 Å². The molecular weight excluding hydrogens is 516 g/mol. The van der Waals surface area contributed by atoms with Crippen LogP contribution < -0.4 is 5.48 Å². The van der Waals surface area contributed by atoms with Crippen LogP contribution in [-0.4, -0.2) is 49.3 Å². The molecule has 0 aliphatic carbocycles. The van der Waals surface area contributed by atoms with Crippen LogP contribution in [0, 0.1) is 0 Å². The van der Waals surface area contributed by atoms with Crippen molar-refractivity contribution < 1.29 is 23.9 Å². The first-order chi connectivity index (χ1) is 20.2. The van der Waals surface area contributed by atoms with Crippen molar-refractivity contribution in [2.75, 3.05) is 26.3 Å². The highest BCUT2D eigenvalue weighted by atomic mass is 16.8. The summed E-state index contributed by atoms with van der Waals surface area (Å²) in [5.41, 5.74) is 4.92. The minimum Gasteiger partial charge on any atom is -0.377 e. The zero-order chi connectivity index (χ0) is 28.5. The van der Waals surface area contributed by atoms with Gasteiger partial charge in [-0.15, -0.1) is 0 Å². The molecule has 0 bridgehead atoms. The maximum atomic E-state index is 13.2. The molecule has 41 heavy (non-hydrogen) atoms. The number of ether oxygens (including phenoxy) is 2. The summed E-state index contributed by atoms with van der Waals surface area (Å²) in [6.07, 6.45) is 7.40. The summed E-state index contributed by atoms with van der Waals surface area (Å²) in [6, 6.07) is 24.8. The first-order valence-corrected chi connectivity index (χ1v) is 15.1. The van der Waals surface area contributed by atoms with Crippen molar-refractivity contribution in [2.24, 2.45) is 0 Å². The van der Waals surface area contributed by atoms with E-state index >= 15 is 0 Å². The van der Waals surface area contributed by atoms with Crippen LogP contribution in [0.5, 0.6) is 0 Å². The predicted octanol–water partition coefficient (Wildman–Crippen LogP) is 6.34. The van der Waals surface area contributed by atoms with Gasteiger partial charge in [-0.1, -0.05) is 79.2 Å². The molecule has 7 heteroatoms. The van der Waals surface area contributed by atoms with Crippen molar-refractivity contribution in [3.05, 3.63) is 83.9 Å². The van der Waals surface area contributed by atoms with Crippen LogP contribution in [0.4, 0.5) is 0 Å². The van der Waals surface area contributed by atoms with Crippen LogP contribution >= 0.6 is 0 Å². The lowest BCUT2D eigenvalue weighted by Gasteiger charge is -2.23. The largest absolute Gasteiger partial charge is 0.377 e. The van der Waals surface area contributed by atoms with E-state index in [4.69, 9.17) is 14.3 Å². The van der Waals surface area contributed by atoms with Gasteiger partial charge in [0.1, 0.15) is 0 Å². The quantitative estimate of drug-likeness (QED) is 0.154. The molecule has 0 aromatic heterocycles. The minimum atomic E-state index is -0.335. The molecule has 1 aliphatic heterocycles. The molecule has 1 unspecified atom stereocenters. The van der Waals surface area contributed by atoms with E-state index in [1.165, 1.54) is 16.3 Å². The van der Waals surface area contributed by atoms with Gasteiger partial charge in [0.25, 0.3) is 0 Å². The zero-order valence-electron chi connectivity index (χ0n) is 24.1. The Morgan fingerprint density at radius 2 is 1.68 bits per heavy atom. The second-order valence-corrected chi connectivity index (χ2v) is 10.7. The number of nitrogens with one attached hydrogen (secondary N) is 1. The second-order valence-electron chi connectivity index (χ2n) is 10.7. The molecule has 220 valence electrons. The number of carbonyl (C=O) groups excluding carboxylic acids is 2. The molecule has 2 amide bonds. The lowest BCUT2D eigenvalue weighted by atomic mass is 10.0. The van der Waals surface area contributed by atoms with Crippen molar-refractivity contribution in [3.63, 3.8) is 0 Å². The molecule has 0 saturated carbocycles. The molecule has 3 aromatic carbocycles. The molecule has 4 rings (SSSR count). The molecule has 1 saturated heterocycles. The maximum absolute atomic E-state index is 13.2. The molecular formula is C34H44N2O5.